The minimum atomic E-state index is -3.50. The summed E-state index contributed by atoms with van der Waals surface area (Å²) in [5.74, 6) is 0.240. The number of hydrogen-bond acceptors (Lipinski definition) is 4. The van der Waals surface area contributed by atoms with Crippen LogP contribution in [0.15, 0.2) is 17.3 Å². The molecule has 0 saturated carbocycles. The Labute approximate surface area is 115 Å². The Morgan fingerprint density at radius 2 is 2.05 bits per heavy atom. The fraction of sp³-hybridized carbons (Fsp3) is 0.750. The summed E-state index contributed by atoms with van der Waals surface area (Å²) < 4.78 is 27.7. The zero-order valence-corrected chi connectivity index (χ0v) is 12.8. The third-order valence-corrected chi connectivity index (χ3v) is 5.27. The first kappa shape index (κ1) is 16.1. The monoisotopic (exact) mass is 289 g/mol. The molecular formula is C12H23N3O3S. The zero-order chi connectivity index (χ0) is 14.6. The Bertz CT molecular complexity index is 496. The molecular weight excluding hydrogens is 266 g/mol. The van der Waals surface area contributed by atoms with Gasteiger partial charge in [0, 0.05) is 32.4 Å². The van der Waals surface area contributed by atoms with Gasteiger partial charge in [-0.15, -0.1) is 0 Å². The molecule has 0 aliphatic rings. The lowest BCUT2D eigenvalue weighted by molar-refractivity contribution is 0.277. The molecule has 0 aromatic carbocycles. The van der Waals surface area contributed by atoms with Gasteiger partial charge in [0.25, 0.3) is 0 Å². The van der Waals surface area contributed by atoms with Crippen LogP contribution in [-0.4, -0.2) is 47.3 Å². The van der Waals surface area contributed by atoms with E-state index in [1.54, 1.807) is 7.05 Å². The van der Waals surface area contributed by atoms with Gasteiger partial charge in [-0.25, -0.2) is 8.42 Å². The average molecular weight is 289 g/mol. The molecule has 1 rings (SSSR count). The Kier molecular flexibility index (Phi) is 5.51. The molecule has 110 valence electrons. The summed E-state index contributed by atoms with van der Waals surface area (Å²) in [7, 11) is -1.91. The lowest BCUT2D eigenvalue weighted by atomic mass is 10.1. The second-order valence-corrected chi connectivity index (χ2v) is 7.02. The molecule has 19 heavy (non-hydrogen) atoms. The van der Waals surface area contributed by atoms with E-state index in [2.05, 4.69) is 5.10 Å². The summed E-state index contributed by atoms with van der Waals surface area (Å²) in [6, 6.07) is -0.0780. The number of aliphatic hydroxyl groups excluding tert-OH is 1. The van der Waals surface area contributed by atoms with Gasteiger partial charge in [0.1, 0.15) is 4.90 Å². The average Bonchev–Trinajstić information content (AvgIpc) is 2.83. The van der Waals surface area contributed by atoms with E-state index in [0.29, 0.717) is 13.0 Å². The van der Waals surface area contributed by atoms with Crippen molar-refractivity contribution < 1.29 is 13.5 Å². The van der Waals surface area contributed by atoms with Gasteiger partial charge in [0.05, 0.1) is 6.20 Å². The van der Waals surface area contributed by atoms with Crippen molar-refractivity contribution in [1.29, 1.82) is 0 Å². The molecule has 1 atom stereocenters. The molecule has 1 N–H and O–H groups in total. The van der Waals surface area contributed by atoms with Crippen LogP contribution in [0.25, 0.3) is 0 Å². The predicted molar refractivity (Wildman–Crippen MR) is 73.2 cm³/mol. The van der Waals surface area contributed by atoms with Crippen LogP contribution >= 0.6 is 0 Å². The van der Waals surface area contributed by atoms with Crippen molar-refractivity contribution in [3.05, 3.63) is 12.4 Å². The first-order valence-corrected chi connectivity index (χ1v) is 7.86. The zero-order valence-electron chi connectivity index (χ0n) is 11.9. The Morgan fingerprint density at radius 1 is 1.42 bits per heavy atom. The molecule has 7 heteroatoms. The Morgan fingerprint density at radius 3 is 2.58 bits per heavy atom. The van der Waals surface area contributed by atoms with Crippen LogP contribution in [0, 0.1) is 5.92 Å². The second-order valence-electron chi connectivity index (χ2n) is 5.02. The predicted octanol–water partition coefficient (Wildman–Crippen LogP) is 0.930. The Hall–Kier alpha value is -0.920. The number of aryl methyl sites for hydroxylation is 1. The van der Waals surface area contributed by atoms with E-state index in [9.17, 15) is 8.42 Å². The van der Waals surface area contributed by atoms with Crippen LogP contribution in [0.4, 0.5) is 0 Å². The molecule has 0 radical (unpaired) electrons. The molecule has 0 aliphatic heterocycles. The maximum absolute atomic E-state index is 12.4. The molecule has 1 heterocycles. The van der Waals surface area contributed by atoms with Gasteiger partial charge in [-0.3, -0.25) is 4.68 Å². The Balaban J connectivity index is 2.91. The fourth-order valence-electron chi connectivity index (χ4n) is 1.64. The molecule has 1 aromatic heterocycles. The van der Waals surface area contributed by atoms with E-state index in [1.807, 2.05) is 20.8 Å². The van der Waals surface area contributed by atoms with Gasteiger partial charge < -0.3 is 5.11 Å². The van der Waals surface area contributed by atoms with Gasteiger partial charge in [0.15, 0.2) is 0 Å². The summed E-state index contributed by atoms with van der Waals surface area (Å²) >= 11 is 0. The lowest BCUT2D eigenvalue weighted by Crippen LogP contribution is -2.38. The van der Waals surface area contributed by atoms with Crippen molar-refractivity contribution in [2.75, 3.05) is 13.7 Å². The van der Waals surface area contributed by atoms with Gasteiger partial charge >= 0.3 is 0 Å². The molecule has 0 spiro atoms. The molecule has 1 unspecified atom stereocenters. The maximum Gasteiger partial charge on any atom is 0.246 e. The highest BCUT2D eigenvalue weighted by Crippen LogP contribution is 2.19. The molecule has 0 bridgehead atoms. The van der Waals surface area contributed by atoms with Crippen molar-refractivity contribution >= 4 is 10.0 Å². The minimum Gasteiger partial charge on any atom is -0.396 e. The van der Waals surface area contributed by atoms with Gasteiger partial charge in [-0.05, 0) is 19.3 Å². The summed E-state index contributed by atoms with van der Waals surface area (Å²) in [6.45, 7) is 6.43. The highest BCUT2D eigenvalue weighted by molar-refractivity contribution is 7.89. The van der Waals surface area contributed by atoms with E-state index in [1.165, 1.54) is 21.4 Å². The highest BCUT2D eigenvalue weighted by atomic mass is 32.2. The van der Waals surface area contributed by atoms with Crippen LogP contribution in [0.3, 0.4) is 0 Å². The van der Waals surface area contributed by atoms with Crippen molar-refractivity contribution in [3.8, 4) is 0 Å². The molecule has 0 amide bonds. The number of sulfonamides is 1. The molecule has 0 saturated heterocycles. The molecule has 0 fully saturated rings. The number of aromatic nitrogens is 2. The van der Waals surface area contributed by atoms with Gasteiger partial charge in [-0.2, -0.15) is 9.40 Å². The SMILES string of the molecule is CC(C)C(C)N(C)S(=O)(=O)c1cnn(CCCO)c1. The molecule has 6 nitrogen and oxygen atoms in total. The number of aliphatic hydroxyl groups is 1. The summed E-state index contributed by atoms with van der Waals surface area (Å²) in [4.78, 5) is 0.195. The third-order valence-electron chi connectivity index (χ3n) is 3.37. The standard InChI is InChI=1S/C12H23N3O3S/c1-10(2)11(3)14(4)19(17,18)12-8-13-15(9-12)6-5-7-16/h8-11,16H,5-7H2,1-4H3. The van der Waals surface area contributed by atoms with E-state index in [4.69, 9.17) is 5.11 Å². The van der Waals surface area contributed by atoms with Crippen LogP contribution in [0.1, 0.15) is 27.2 Å². The van der Waals surface area contributed by atoms with E-state index >= 15 is 0 Å². The quantitative estimate of drug-likeness (QED) is 0.810. The van der Waals surface area contributed by atoms with Crippen LogP contribution < -0.4 is 0 Å². The molecule has 0 aliphatic carbocycles. The fourth-order valence-corrected chi connectivity index (χ4v) is 3.09. The van der Waals surface area contributed by atoms with Crippen molar-refractivity contribution in [3.63, 3.8) is 0 Å². The maximum atomic E-state index is 12.4. The number of hydrogen-bond donors (Lipinski definition) is 1. The van der Waals surface area contributed by atoms with Gasteiger partial charge in [-0.1, -0.05) is 13.8 Å². The van der Waals surface area contributed by atoms with Crippen LogP contribution in [0.2, 0.25) is 0 Å². The largest absolute Gasteiger partial charge is 0.396 e. The summed E-state index contributed by atoms with van der Waals surface area (Å²) in [5, 5.41) is 12.8. The topological polar surface area (TPSA) is 75.4 Å². The van der Waals surface area contributed by atoms with Crippen molar-refractivity contribution in [2.24, 2.45) is 5.92 Å². The number of nitrogens with zero attached hydrogens (tertiary/aromatic N) is 3. The van der Waals surface area contributed by atoms with E-state index in [-0.39, 0.29) is 23.5 Å². The summed E-state index contributed by atoms with van der Waals surface area (Å²) in [5.41, 5.74) is 0. The lowest BCUT2D eigenvalue weighted by Gasteiger charge is -2.26. The third kappa shape index (κ3) is 3.77. The first-order valence-electron chi connectivity index (χ1n) is 6.42. The first-order chi connectivity index (χ1) is 8.80. The van der Waals surface area contributed by atoms with Crippen LogP contribution in [0.5, 0.6) is 0 Å². The molecule has 1 aromatic rings. The van der Waals surface area contributed by atoms with Gasteiger partial charge in [0.2, 0.25) is 10.0 Å². The normalized spacial score (nSPS) is 14.3. The van der Waals surface area contributed by atoms with Crippen LogP contribution in [-0.2, 0) is 16.6 Å². The minimum absolute atomic E-state index is 0.0617. The number of rotatable bonds is 7. The second kappa shape index (κ2) is 6.49. The van der Waals surface area contributed by atoms with E-state index < -0.39 is 10.0 Å². The van der Waals surface area contributed by atoms with Crippen molar-refractivity contribution in [1.82, 2.24) is 14.1 Å². The highest BCUT2D eigenvalue weighted by Gasteiger charge is 2.28. The summed E-state index contributed by atoms with van der Waals surface area (Å²) in [6.07, 6.45) is 3.42. The van der Waals surface area contributed by atoms with Crippen molar-refractivity contribution in [2.45, 2.75) is 44.7 Å². The van der Waals surface area contributed by atoms with E-state index in [0.717, 1.165) is 0 Å². The smallest absolute Gasteiger partial charge is 0.246 e.